The minimum atomic E-state index is -0.0511. The van der Waals surface area contributed by atoms with E-state index < -0.39 is 0 Å². The fraction of sp³-hybridized carbons (Fsp3) is 0.200. The maximum Gasteiger partial charge on any atom is 0.227 e. The average Bonchev–Trinajstić information content (AvgIpc) is 3.48. The van der Waals surface area contributed by atoms with Crippen molar-refractivity contribution in [3.63, 3.8) is 0 Å². The van der Waals surface area contributed by atoms with Crippen LogP contribution in [0.3, 0.4) is 0 Å². The van der Waals surface area contributed by atoms with Crippen LogP contribution in [0.1, 0.15) is 23.4 Å². The fourth-order valence-electron chi connectivity index (χ4n) is 2.82. The molecule has 4 rings (SSSR count). The highest BCUT2D eigenvalue weighted by molar-refractivity contribution is 7.13. The number of benzene rings is 1. The van der Waals surface area contributed by atoms with Gasteiger partial charge in [0.2, 0.25) is 17.6 Å². The van der Waals surface area contributed by atoms with E-state index in [0.717, 1.165) is 16.0 Å². The van der Waals surface area contributed by atoms with E-state index in [0.29, 0.717) is 37.6 Å². The van der Waals surface area contributed by atoms with Crippen LogP contribution in [0, 0.1) is 0 Å². The van der Waals surface area contributed by atoms with Gasteiger partial charge in [-0.15, -0.1) is 11.3 Å². The van der Waals surface area contributed by atoms with Gasteiger partial charge < -0.3 is 9.84 Å². The normalized spacial score (nSPS) is 10.9. The molecule has 0 aliphatic carbocycles. The molecule has 1 amide bonds. The zero-order valence-electron chi connectivity index (χ0n) is 15.1. The molecular formula is C20H19N5O2S. The standard InChI is InChI=1S/C20H19N5O2S/c26-18(8-9-19-23-20(24-27-19)17-7-3-12-28-17)21-13-15-5-1-2-6-16(15)14-25-11-4-10-22-25/h1-7,10-12H,8-9,13-14H2,(H,21,26). The maximum absolute atomic E-state index is 12.2. The molecule has 0 saturated heterocycles. The van der Waals surface area contributed by atoms with Gasteiger partial charge in [-0.1, -0.05) is 35.5 Å². The Kier molecular flexibility index (Phi) is 5.58. The van der Waals surface area contributed by atoms with Gasteiger partial charge >= 0.3 is 0 Å². The third-order valence-corrected chi connectivity index (χ3v) is 5.13. The van der Waals surface area contributed by atoms with Crippen LogP contribution in [0.4, 0.5) is 0 Å². The van der Waals surface area contributed by atoms with Crippen molar-refractivity contribution in [1.82, 2.24) is 25.2 Å². The summed E-state index contributed by atoms with van der Waals surface area (Å²) < 4.78 is 7.10. The van der Waals surface area contributed by atoms with Crippen molar-refractivity contribution in [2.75, 3.05) is 0 Å². The number of carbonyl (C=O) groups excluding carboxylic acids is 1. The average molecular weight is 393 g/mol. The van der Waals surface area contributed by atoms with Crippen LogP contribution < -0.4 is 5.32 Å². The van der Waals surface area contributed by atoms with Crippen molar-refractivity contribution < 1.29 is 9.32 Å². The second-order valence-corrected chi connectivity index (χ2v) is 7.19. The van der Waals surface area contributed by atoms with Gasteiger partial charge in [0.25, 0.3) is 0 Å². The molecule has 0 bridgehead atoms. The number of aryl methyl sites for hydroxylation is 1. The highest BCUT2D eigenvalue weighted by Gasteiger charge is 2.12. The lowest BCUT2D eigenvalue weighted by Crippen LogP contribution is -2.24. The Morgan fingerprint density at radius 1 is 1.14 bits per heavy atom. The Balaban J connectivity index is 1.29. The summed E-state index contributed by atoms with van der Waals surface area (Å²) in [5, 5.41) is 13.1. The number of amides is 1. The number of nitrogens with zero attached hydrogens (tertiary/aromatic N) is 4. The van der Waals surface area contributed by atoms with Crippen molar-refractivity contribution in [2.45, 2.75) is 25.9 Å². The van der Waals surface area contributed by atoms with Gasteiger partial charge in [0.05, 0.1) is 11.4 Å². The number of carbonyl (C=O) groups is 1. The quantitative estimate of drug-likeness (QED) is 0.496. The van der Waals surface area contributed by atoms with E-state index in [1.165, 1.54) is 0 Å². The number of thiophene rings is 1. The minimum absolute atomic E-state index is 0.0511. The lowest BCUT2D eigenvalue weighted by molar-refractivity contribution is -0.121. The number of aromatic nitrogens is 4. The van der Waals surface area contributed by atoms with E-state index in [4.69, 9.17) is 4.52 Å². The second-order valence-electron chi connectivity index (χ2n) is 6.24. The third kappa shape index (κ3) is 4.52. The van der Waals surface area contributed by atoms with E-state index in [1.807, 2.05) is 58.7 Å². The van der Waals surface area contributed by atoms with Crippen molar-refractivity contribution >= 4 is 17.2 Å². The van der Waals surface area contributed by atoms with Crippen LogP contribution in [-0.2, 0) is 24.3 Å². The summed E-state index contributed by atoms with van der Waals surface area (Å²) in [6, 6.07) is 13.8. The van der Waals surface area contributed by atoms with Gasteiger partial charge in [-0.3, -0.25) is 9.48 Å². The second kappa shape index (κ2) is 8.62. The maximum atomic E-state index is 12.2. The molecule has 0 atom stereocenters. The lowest BCUT2D eigenvalue weighted by Gasteiger charge is -2.10. The highest BCUT2D eigenvalue weighted by atomic mass is 32.1. The molecule has 0 radical (unpaired) electrons. The van der Waals surface area contributed by atoms with Crippen molar-refractivity contribution in [3.8, 4) is 10.7 Å². The molecule has 0 unspecified atom stereocenters. The first kappa shape index (κ1) is 18.1. The Bertz CT molecular complexity index is 1020. The van der Waals surface area contributed by atoms with Gasteiger partial charge in [0, 0.05) is 31.8 Å². The summed E-state index contributed by atoms with van der Waals surface area (Å²) in [5.41, 5.74) is 2.20. The summed E-state index contributed by atoms with van der Waals surface area (Å²) in [6.07, 6.45) is 4.39. The molecule has 1 N–H and O–H groups in total. The zero-order valence-corrected chi connectivity index (χ0v) is 15.9. The van der Waals surface area contributed by atoms with Crippen molar-refractivity contribution in [1.29, 1.82) is 0 Å². The largest absolute Gasteiger partial charge is 0.352 e. The fourth-order valence-corrected chi connectivity index (χ4v) is 3.47. The molecule has 1 aromatic carbocycles. The predicted octanol–water partition coefficient (Wildman–Crippen LogP) is 3.29. The van der Waals surface area contributed by atoms with Gasteiger partial charge in [0.15, 0.2) is 0 Å². The first-order valence-corrected chi connectivity index (χ1v) is 9.83. The van der Waals surface area contributed by atoms with Gasteiger partial charge in [-0.25, -0.2) is 0 Å². The first-order chi connectivity index (χ1) is 13.8. The minimum Gasteiger partial charge on any atom is -0.352 e. The first-order valence-electron chi connectivity index (χ1n) is 8.95. The number of rotatable bonds is 8. The lowest BCUT2D eigenvalue weighted by atomic mass is 10.1. The molecule has 142 valence electrons. The van der Waals surface area contributed by atoms with Crippen molar-refractivity contribution in [2.24, 2.45) is 0 Å². The molecule has 3 heterocycles. The zero-order chi connectivity index (χ0) is 19.2. The van der Waals surface area contributed by atoms with E-state index in [9.17, 15) is 4.79 Å². The molecule has 4 aromatic rings. The molecule has 0 spiro atoms. The third-order valence-electron chi connectivity index (χ3n) is 4.26. The summed E-state index contributed by atoms with van der Waals surface area (Å²) in [4.78, 5) is 17.5. The van der Waals surface area contributed by atoms with Gasteiger partial charge in [-0.05, 0) is 28.6 Å². The SMILES string of the molecule is O=C(CCc1nc(-c2cccs2)no1)NCc1ccccc1Cn1cccn1. The van der Waals surface area contributed by atoms with E-state index >= 15 is 0 Å². The van der Waals surface area contributed by atoms with Gasteiger partial charge in [0.1, 0.15) is 0 Å². The van der Waals surface area contributed by atoms with Crippen molar-refractivity contribution in [3.05, 3.63) is 77.3 Å². The van der Waals surface area contributed by atoms with Crippen LogP contribution in [0.15, 0.2) is 64.8 Å². The van der Waals surface area contributed by atoms with E-state index in [1.54, 1.807) is 17.5 Å². The molecule has 0 aliphatic heterocycles. The van der Waals surface area contributed by atoms with E-state index in [2.05, 4.69) is 20.6 Å². The molecule has 3 aromatic heterocycles. The van der Waals surface area contributed by atoms with Crippen LogP contribution in [0.5, 0.6) is 0 Å². The monoisotopic (exact) mass is 393 g/mol. The molecular weight excluding hydrogens is 374 g/mol. The Morgan fingerprint density at radius 3 is 2.82 bits per heavy atom. The Morgan fingerprint density at radius 2 is 2.04 bits per heavy atom. The number of hydrogen-bond acceptors (Lipinski definition) is 6. The highest BCUT2D eigenvalue weighted by Crippen LogP contribution is 2.21. The smallest absolute Gasteiger partial charge is 0.227 e. The molecule has 0 saturated carbocycles. The van der Waals surface area contributed by atoms with Crippen LogP contribution >= 0.6 is 11.3 Å². The van der Waals surface area contributed by atoms with Crippen LogP contribution in [-0.4, -0.2) is 25.8 Å². The van der Waals surface area contributed by atoms with Gasteiger partial charge in [-0.2, -0.15) is 10.1 Å². The molecule has 28 heavy (non-hydrogen) atoms. The summed E-state index contributed by atoms with van der Waals surface area (Å²) >= 11 is 1.55. The molecule has 7 nitrogen and oxygen atoms in total. The number of nitrogens with one attached hydrogen (secondary N) is 1. The summed E-state index contributed by atoms with van der Waals surface area (Å²) in [7, 11) is 0. The van der Waals surface area contributed by atoms with Crippen LogP contribution in [0.2, 0.25) is 0 Å². The summed E-state index contributed by atoms with van der Waals surface area (Å²) in [5.74, 6) is 0.986. The molecule has 0 aliphatic rings. The number of hydrogen-bond donors (Lipinski definition) is 1. The Hall–Kier alpha value is -3.26. The topological polar surface area (TPSA) is 85.8 Å². The predicted molar refractivity (Wildman–Crippen MR) is 106 cm³/mol. The van der Waals surface area contributed by atoms with Crippen LogP contribution in [0.25, 0.3) is 10.7 Å². The molecule has 8 heteroatoms. The van der Waals surface area contributed by atoms with E-state index in [-0.39, 0.29) is 5.91 Å². The Labute approximate surface area is 166 Å². The molecule has 0 fully saturated rings. The summed E-state index contributed by atoms with van der Waals surface area (Å²) in [6.45, 7) is 1.15.